The maximum atomic E-state index is 11.9. The molecule has 0 radical (unpaired) electrons. The Morgan fingerprint density at radius 2 is 1.87 bits per heavy atom. The highest BCUT2D eigenvalue weighted by Gasteiger charge is 2.33. The van der Waals surface area contributed by atoms with E-state index in [9.17, 15) is 8.42 Å². The number of hydrogen-bond acceptors (Lipinski definition) is 6. The normalized spacial score (nSPS) is 22.2. The van der Waals surface area contributed by atoms with Crippen molar-refractivity contribution in [3.05, 3.63) is 52.4 Å². The van der Waals surface area contributed by atoms with Gasteiger partial charge in [0.1, 0.15) is 6.33 Å². The molecule has 0 aromatic carbocycles. The second-order valence-corrected chi connectivity index (χ2v) is 11.1. The summed E-state index contributed by atoms with van der Waals surface area (Å²) in [6, 6.07) is 2.46. The van der Waals surface area contributed by atoms with E-state index in [4.69, 9.17) is 4.98 Å². The Balaban J connectivity index is 1.46. The number of anilines is 1. The molecule has 0 amide bonds. The van der Waals surface area contributed by atoms with Crippen molar-refractivity contribution >= 4 is 21.8 Å². The standard InChI is InChI=1S/C23H29N5O2S/c1-15-10-18-20(11-15)24-7-4-22(18)28-13-19-21(12-16(28)2)25-14-26-23(19)17-5-8-27(9-6-17)31(3,29)30/h4,7,10,14,16-17H,5-6,8-9,11-13H2,1-3H3/t16-/m1/s1. The van der Waals surface area contributed by atoms with E-state index in [2.05, 4.69) is 40.9 Å². The van der Waals surface area contributed by atoms with Gasteiger partial charge in [-0.25, -0.2) is 22.7 Å². The van der Waals surface area contributed by atoms with Crippen molar-refractivity contribution < 1.29 is 8.42 Å². The number of rotatable bonds is 3. The van der Waals surface area contributed by atoms with Gasteiger partial charge in [-0.2, -0.15) is 0 Å². The predicted molar refractivity (Wildman–Crippen MR) is 121 cm³/mol. The molecular formula is C23H29N5O2S. The fourth-order valence-electron chi connectivity index (χ4n) is 5.28. The van der Waals surface area contributed by atoms with E-state index in [1.54, 1.807) is 10.6 Å². The summed E-state index contributed by atoms with van der Waals surface area (Å²) in [4.78, 5) is 16.4. The van der Waals surface area contributed by atoms with Crippen molar-refractivity contribution in [2.45, 2.75) is 58.0 Å². The molecule has 7 nitrogen and oxygen atoms in total. The van der Waals surface area contributed by atoms with Crippen molar-refractivity contribution in [1.82, 2.24) is 19.3 Å². The Morgan fingerprint density at radius 3 is 2.61 bits per heavy atom. The number of hydrogen-bond donors (Lipinski definition) is 0. The molecule has 0 saturated carbocycles. The summed E-state index contributed by atoms with van der Waals surface area (Å²) < 4.78 is 25.4. The average molecular weight is 440 g/mol. The molecule has 8 heteroatoms. The smallest absolute Gasteiger partial charge is 0.211 e. The van der Waals surface area contributed by atoms with Gasteiger partial charge >= 0.3 is 0 Å². The Labute approximate surface area is 184 Å². The molecule has 0 unspecified atom stereocenters. The molecular weight excluding hydrogens is 410 g/mol. The molecule has 2 aliphatic heterocycles. The number of pyridine rings is 1. The van der Waals surface area contributed by atoms with Gasteiger partial charge in [-0.1, -0.05) is 11.6 Å². The SMILES string of the molecule is CC1=Cc2c(N3Cc4c(ncnc4C4CCN(S(C)(=O)=O)CC4)C[C@H]3C)ccnc2C1. The van der Waals surface area contributed by atoms with Crippen LogP contribution in [0.5, 0.6) is 0 Å². The number of sulfonamides is 1. The highest BCUT2D eigenvalue weighted by Crippen LogP contribution is 2.38. The number of fused-ring (bicyclic) bond motifs is 2. The molecule has 1 atom stereocenters. The molecule has 0 bridgehead atoms. The summed E-state index contributed by atoms with van der Waals surface area (Å²) in [7, 11) is -3.13. The molecule has 0 N–H and O–H groups in total. The van der Waals surface area contributed by atoms with Crippen LogP contribution >= 0.6 is 0 Å². The number of piperidine rings is 1. The lowest BCUT2D eigenvalue weighted by molar-refractivity contribution is 0.317. The van der Waals surface area contributed by atoms with Crippen LogP contribution in [0.15, 0.2) is 24.2 Å². The first-order chi connectivity index (χ1) is 14.8. The molecule has 0 spiro atoms. The number of nitrogens with zero attached hydrogens (tertiary/aromatic N) is 5. The molecule has 164 valence electrons. The molecule has 2 aromatic rings. The first kappa shape index (κ1) is 20.6. The topological polar surface area (TPSA) is 79.3 Å². The maximum Gasteiger partial charge on any atom is 0.211 e. The number of allylic oxidation sites excluding steroid dienone is 1. The summed E-state index contributed by atoms with van der Waals surface area (Å²) in [6.07, 6.45) is 10.6. The zero-order chi connectivity index (χ0) is 21.8. The third-order valence-corrected chi connectivity index (χ3v) is 8.23. The highest BCUT2D eigenvalue weighted by molar-refractivity contribution is 7.88. The minimum atomic E-state index is -3.13. The van der Waals surface area contributed by atoms with Crippen molar-refractivity contribution in [2.75, 3.05) is 24.2 Å². The van der Waals surface area contributed by atoms with E-state index >= 15 is 0 Å². The summed E-state index contributed by atoms with van der Waals surface area (Å²) >= 11 is 0. The van der Waals surface area contributed by atoms with Crippen LogP contribution in [0.3, 0.4) is 0 Å². The van der Waals surface area contributed by atoms with Gasteiger partial charge in [0.2, 0.25) is 10.0 Å². The fourth-order valence-corrected chi connectivity index (χ4v) is 6.15. The Morgan fingerprint density at radius 1 is 1.10 bits per heavy atom. The Bertz CT molecular complexity index is 1150. The van der Waals surface area contributed by atoms with Crippen molar-refractivity contribution in [1.29, 1.82) is 0 Å². The van der Waals surface area contributed by atoms with Gasteiger partial charge in [0.05, 0.1) is 23.3 Å². The zero-order valence-electron chi connectivity index (χ0n) is 18.4. The van der Waals surface area contributed by atoms with E-state index in [-0.39, 0.29) is 5.92 Å². The van der Waals surface area contributed by atoms with E-state index in [1.807, 2.05) is 6.20 Å². The second kappa shape index (κ2) is 7.67. The number of aromatic nitrogens is 3. The Hall–Kier alpha value is -2.32. The quantitative estimate of drug-likeness (QED) is 0.732. The van der Waals surface area contributed by atoms with Crippen LogP contribution in [0, 0.1) is 0 Å². The van der Waals surface area contributed by atoms with E-state index in [0.29, 0.717) is 19.1 Å². The third kappa shape index (κ3) is 3.76. The highest BCUT2D eigenvalue weighted by atomic mass is 32.2. The first-order valence-electron chi connectivity index (χ1n) is 11.0. The largest absolute Gasteiger partial charge is 0.363 e. The molecule has 4 heterocycles. The minimum Gasteiger partial charge on any atom is -0.363 e. The molecule has 1 saturated heterocycles. The van der Waals surface area contributed by atoms with Crippen LogP contribution in [-0.4, -0.2) is 53.1 Å². The second-order valence-electron chi connectivity index (χ2n) is 9.16. The molecule has 3 aliphatic rings. The maximum absolute atomic E-state index is 11.9. The van der Waals surface area contributed by atoms with Crippen molar-refractivity contribution in [2.24, 2.45) is 0 Å². The minimum absolute atomic E-state index is 0.273. The zero-order valence-corrected chi connectivity index (χ0v) is 19.2. The molecule has 1 fully saturated rings. The van der Waals surface area contributed by atoms with Crippen LogP contribution in [0.4, 0.5) is 5.69 Å². The van der Waals surface area contributed by atoms with Gasteiger partial charge in [-0.3, -0.25) is 4.98 Å². The van der Waals surface area contributed by atoms with Crippen LogP contribution in [0.1, 0.15) is 60.8 Å². The molecule has 1 aliphatic carbocycles. The Kier molecular flexibility index (Phi) is 5.09. The third-order valence-electron chi connectivity index (χ3n) is 6.92. The lowest BCUT2D eigenvalue weighted by atomic mass is 9.87. The van der Waals surface area contributed by atoms with Gasteiger partial charge in [-0.15, -0.1) is 0 Å². The first-order valence-corrected chi connectivity index (χ1v) is 12.9. The van der Waals surface area contributed by atoms with Gasteiger partial charge in [-0.05, 0) is 32.8 Å². The fraction of sp³-hybridized carbons (Fsp3) is 0.522. The summed E-state index contributed by atoms with van der Waals surface area (Å²) in [5.74, 6) is 0.273. The molecule has 2 aromatic heterocycles. The molecule has 5 rings (SSSR count). The summed E-state index contributed by atoms with van der Waals surface area (Å²) in [5, 5.41) is 0. The summed E-state index contributed by atoms with van der Waals surface area (Å²) in [5.41, 5.74) is 8.45. The average Bonchev–Trinajstić information content (AvgIpc) is 3.12. The van der Waals surface area contributed by atoms with Gasteiger partial charge < -0.3 is 4.90 Å². The van der Waals surface area contributed by atoms with Crippen LogP contribution in [0.25, 0.3) is 6.08 Å². The molecule has 31 heavy (non-hydrogen) atoms. The van der Waals surface area contributed by atoms with Crippen LogP contribution in [0.2, 0.25) is 0 Å². The lowest BCUT2D eigenvalue weighted by Crippen LogP contribution is -2.41. The van der Waals surface area contributed by atoms with Gasteiger partial charge in [0.25, 0.3) is 0 Å². The van der Waals surface area contributed by atoms with E-state index < -0.39 is 10.0 Å². The van der Waals surface area contributed by atoms with Crippen LogP contribution < -0.4 is 4.90 Å². The van der Waals surface area contributed by atoms with Crippen molar-refractivity contribution in [3.8, 4) is 0 Å². The lowest BCUT2D eigenvalue weighted by Gasteiger charge is -2.39. The van der Waals surface area contributed by atoms with E-state index in [0.717, 1.165) is 49.3 Å². The van der Waals surface area contributed by atoms with Crippen LogP contribution in [-0.2, 0) is 29.4 Å². The van der Waals surface area contributed by atoms with E-state index in [1.165, 1.54) is 28.6 Å². The predicted octanol–water partition coefficient (Wildman–Crippen LogP) is 2.92. The summed E-state index contributed by atoms with van der Waals surface area (Å²) in [6.45, 7) is 6.32. The monoisotopic (exact) mass is 439 g/mol. The van der Waals surface area contributed by atoms with Crippen molar-refractivity contribution in [3.63, 3.8) is 0 Å². The van der Waals surface area contributed by atoms with Gasteiger partial charge in [0.15, 0.2) is 0 Å². The van der Waals surface area contributed by atoms with Gasteiger partial charge in [0, 0.05) is 67.4 Å².